The Hall–Kier alpha value is -2.57. The summed E-state index contributed by atoms with van der Waals surface area (Å²) in [6.07, 6.45) is -1.70. The first-order valence-corrected chi connectivity index (χ1v) is 4.22. The van der Waals surface area contributed by atoms with Crippen LogP contribution in [0, 0.1) is 0 Å². The molecule has 0 aliphatic carbocycles. The van der Waals surface area contributed by atoms with Crippen molar-refractivity contribution >= 4 is 17.0 Å². The molecule has 0 atom stereocenters. The number of aromatic amines is 1. The summed E-state index contributed by atoms with van der Waals surface area (Å²) in [6.45, 7) is 0. The molecule has 82 valence electrons. The molecule has 7 nitrogen and oxygen atoms in total. The molecular formula is C9H6N2O5. The molecule has 0 unspecified atom stereocenters. The van der Waals surface area contributed by atoms with Gasteiger partial charge in [-0.2, -0.15) is 4.57 Å². The average molecular weight is 222 g/mol. The summed E-state index contributed by atoms with van der Waals surface area (Å²) >= 11 is 0. The van der Waals surface area contributed by atoms with Crippen molar-refractivity contribution in [2.75, 3.05) is 0 Å². The van der Waals surface area contributed by atoms with Gasteiger partial charge in [0.1, 0.15) is 11.1 Å². The Balaban J connectivity index is 3.10. The second-order valence-corrected chi connectivity index (χ2v) is 3.05. The van der Waals surface area contributed by atoms with Crippen molar-refractivity contribution in [1.82, 2.24) is 9.55 Å². The van der Waals surface area contributed by atoms with Crippen molar-refractivity contribution in [1.29, 1.82) is 0 Å². The van der Waals surface area contributed by atoms with Gasteiger partial charge in [-0.25, -0.2) is 9.59 Å². The van der Waals surface area contributed by atoms with Crippen LogP contribution in [0.5, 0.6) is 5.75 Å². The second kappa shape index (κ2) is 3.23. The molecule has 3 N–H and O–H groups in total. The van der Waals surface area contributed by atoms with Crippen LogP contribution < -0.4 is 11.2 Å². The van der Waals surface area contributed by atoms with Gasteiger partial charge in [-0.3, -0.25) is 4.79 Å². The fraction of sp³-hybridized carbons (Fsp3) is 0. The third kappa shape index (κ3) is 1.26. The van der Waals surface area contributed by atoms with E-state index in [0.717, 1.165) is 0 Å². The number of hydrogen-bond acceptors (Lipinski definition) is 4. The van der Waals surface area contributed by atoms with Gasteiger partial charge in [-0.05, 0) is 12.1 Å². The molecule has 16 heavy (non-hydrogen) atoms. The van der Waals surface area contributed by atoms with E-state index in [1.165, 1.54) is 18.2 Å². The van der Waals surface area contributed by atoms with Crippen LogP contribution in [0.15, 0.2) is 27.8 Å². The number of carbonyl (C=O) groups is 1. The second-order valence-electron chi connectivity index (χ2n) is 3.05. The molecule has 2 rings (SSSR count). The van der Waals surface area contributed by atoms with E-state index in [1.807, 2.05) is 0 Å². The van der Waals surface area contributed by atoms with E-state index in [2.05, 4.69) is 4.98 Å². The largest absolute Gasteiger partial charge is 0.507 e. The molecule has 0 spiro atoms. The predicted molar refractivity (Wildman–Crippen MR) is 53.9 cm³/mol. The Kier molecular flexibility index (Phi) is 2.01. The van der Waals surface area contributed by atoms with E-state index in [-0.39, 0.29) is 21.2 Å². The number of fused-ring (bicyclic) bond motifs is 1. The number of rotatable bonds is 0. The maximum atomic E-state index is 11.6. The standard InChI is InChI=1S/C9H6N2O5/c12-5-3-1-2-4-6(5)7(13)11(9(15)16)8(14)10-4/h1-3,12H,(H,10,14)(H,15,16). The minimum atomic E-state index is -1.70. The van der Waals surface area contributed by atoms with Crippen molar-refractivity contribution in [2.45, 2.75) is 0 Å². The van der Waals surface area contributed by atoms with Crippen molar-refractivity contribution in [3.05, 3.63) is 39.0 Å². The number of hydrogen-bond donors (Lipinski definition) is 3. The normalized spacial score (nSPS) is 10.5. The van der Waals surface area contributed by atoms with E-state index in [4.69, 9.17) is 5.11 Å². The number of carboxylic acid groups (broad SMARTS) is 1. The van der Waals surface area contributed by atoms with Crippen LogP contribution in [0.3, 0.4) is 0 Å². The molecule has 1 aromatic carbocycles. The van der Waals surface area contributed by atoms with Crippen LogP contribution in [0.2, 0.25) is 0 Å². The molecule has 0 saturated heterocycles. The maximum Gasteiger partial charge on any atom is 0.422 e. The van der Waals surface area contributed by atoms with Crippen molar-refractivity contribution in [2.24, 2.45) is 0 Å². The molecule has 0 bridgehead atoms. The van der Waals surface area contributed by atoms with Crippen LogP contribution in [0.1, 0.15) is 0 Å². The number of nitrogens with one attached hydrogen (secondary N) is 1. The molecule has 0 radical (unpaired) electrons. The molecular weight excluding hydrogens is 216 g/mol. The smallest absolute Gasteiger partial charge is 0.422 e. The topological polar surface area (TPSA) is 112 Å². The Morgan fingerprint density at radius 2 is 2.00 bits per heavy atom. The quantitative estimate of drug-likeness (QED) is 0.577. The molecule has 0 fully saturated rings. The van der Waals surface area contributed by atoms with Gasteiger partial charge in [0.2, 0.25) is 0 Å². The van der Waals surface area contributed by atoms with E-state index >= 15 is 0 Å². The molecule has 7 heteroatoms. The lowest BCUT2D eigenvalue weighted by molar-refractivity contribution is 0.194. The summed E-state index contributed by atoms with van der Waals surface area (Å²) in [6, 6.07) is 4.05. The first-order valence-electron chi connectivity index (χ1n) is 4.22. The third-order valence-electron chi connectivity index (χ3n) is 2.10. The van der Waals surface area contributed by atoms with Crippen molar-refractivity contribution in [3.8, 4) is 5.75 Å². The zero-order valence-corrected chi connectivity index (χ0v) is 7.80. The Bertz CT molecular complexity index is 697. The fourth-order valence-corrected chi connectivity index (χ4v) is 1.42. The summed E-state index contributed by atoms with van der Waals surface area (Å²) < 4.78 is 0.00204. The average Bonchev–Trinajstić information content (AvgIpc) is 2.15. The number of H-pyrrole nitrogens is 1. The SMILES string of the molecule is O=C(O)n1c(=O)[nH]c2cccc(O)c2c1=O. The highest BCUT2D eigenvalue weighted by Crippen LogP contribution is 2.17. The van der Waals surface area contributed by atoms with Crippen LogP contribution in [-0.4, -0.2) is 25.9 Å². The monoisotopic (exact) mass is 222 g/mol. The van der Waals surface area contributed by atoms with Gasteiger partial charge < -0.3 is 15.2 Å². The predicted octanol–water partition coefficient (Wildman–Crippen LogP) is -0.0785. The van der Waals surface area contributed by atoms with E-state index in [1.54, 1.807) is 0 Å². The molecule has 0 saturated carbocycles. The van der Waals surface area contributed by atoms with Gasteiger partial charge in [-0.15, -0.1) is 0 Å². The number of aromatic nitrogens is 2. The number of nitrogens with zero attached hydrogens (tertiary/aromatic N) is 1. The molecule has 0 amide bonds. The third-order valence-corrected chi connectivity index (χ3v) is 2.10. The van der Waals surface area contributed by atoms with Crippen molar-refractivity contribution in [3.63, 3.8) is 0 Å². The lowest BCUT2D eigenvalue weighted by Gasteiger charge is -2.02. The van der Waals surface area contributed by atoms with Crippen LogP contribution in [0.25, 0.3) is 10.9 Å². The number of phenolic OH excluding ortho intramolecular Hbond substituents is 1. The van der Waals surface area contributed by atoms with Crippen LogP contribution >= 0.6 is 0 Å². The molecule has 0 aliphatic heterocycles. The Morgan fingerprint density at radius 3 is 2.62 bits per heavy atom. The van der Waals surface area contributed by atoms with E-state index in [9.17, 15) is 19.5 Å². The van der Waals surface area contributed by atoms with Crippen LogP contribution in [-0.2, 0) is 0 Å². The highest BCUT2D eigenvalue weighted by atomic mass is 16.4. The summed E-state index contributed by atoms with van der Waals surface area (Å²) in [5, 5.41) is 17.8. The van der Waals surface area contributed by atoms with Gasteiger partial charge in [0.05, 0.1) is 5.52 Å². The summed E-state index contributed by atoms with van der Waals surface area (Å²) in [5.41, 5.74) is -2.03. The minimum absolute atomic E-state index is 0.00204. The Morgan fingerprint density at radius 1 is 1.31 bits per heavy atom. The first kappa shape index (κ1) is 9.97. The molecule has 0 aliphatic rings. The first-order chi connectivity index (χ1) is 7.52. The lowest BCUT2D eigenvalue weighted by Crippen LogP contribution is -2.39. The van der Waals surface area contributed by atoms with Crippen molar-refractivity contribution < 1.29 is 15.0 Å². The fourth-order valence-electron chi connectivity index (χ4n) is 1.42. The summed E-state index contributed by atoms with van der Waals surface area (Å²) in [5.74, 6) is -0.381. The molecule has 2 aromatic rings. The summed E-state index contributed by atoms with van der Waals surface area (Å²) in [7, 11) is 0. The van der Waals surface area contributed by atoms with Gasteiger partial charge >= 0.3 is 11.8 Å². The maximum absolute atomic E-state index is 11.6. The van der Waals surface area contributed by atoms with Crippen LogP contribution in [0.4, 0.5) is 4.79 Å². The Labute approximate surface area is 87.2 Å². The molecule has 1 heterocycles. The zero-order valence-electron chi connectivity index (χ0n) is 7.80. The number of benzene rings is 1. The minimum Gasteiger partial charge on any atom is -0.507 e. The van der Waals surface area contributed by atoms with Gasteiger partial charge in [-0.1, -0.05) is 6.07 Å². The number of phenols is 1. The zero-order chi connectivity index (χ0) is 11.9. The van der Waals surface area contributed by atoms with Gasteiger partial charge in [0.25, 0.3) is 5.56 Å². The number of aromatic hydroxyl groups is 1. The highest BCUT2D eigenvalue weighted by Gasteiger charge is 2.14. The lowest BCUT2D eigenvalue weighted by atomic mass is 10.2. The van der Waals surface area contributed by atoms with E-state index in [0.29, 0.717) is 0 Å². The molecule has 1 aromatic heterocycles. The highest BCUT2D eigenvalue weighted by molar-refractivity contribution is 5.85. The van der Waals surface area contributed by atoms with E-state index < -0.39 is 17.3 Å². The van der Waals surface area contributed by atoms with Gasteiger partial charge in [0, 0.05) is 0 Å². The summed E-state index contributed by atoms with van der Waals surface area (Å²) in [4.78, 5) is 35.7. The van der Waals surface area contributed by atoms with Gasteiger partial charge in [0.15, 0.2) is 0 Å².